The summed E-state index contributed by atoms with van der Waals surface area (Å²) < 4.78 is 26.5. The van der Waals surface area contributed by atoms with Gasteiger partial charge in [0.2, 0.25) is 6.79 Å². The topological polar surface area (TPSA) is 100 Å². The highest BCUT2D eigenvalue weighted by molar-refractivity contribution is 5.82. The van der Waals surface area contributed by atoms with Crippen molar-refractivity contribution in [3.63, 3.8) is 0 Å². The Bertz CT molecular complexity index is 1000. The number of imidazole rings is 1. The van der Waals surface area contributed by atoms with Crippen molar-refractivity contribution in [2.24, 2.45) is 0 Å². The number of nitrogen functional groups attached to an aromatic ring is 1. The van der Waals surface area contributed by atoms with Gasteiger partial charge in [-0.1, -0.05) is 19.9 Å². The van der Waals surface area contributed by atoms with Crippen molar-refractivity contribution >= 4 is 17.0 Å². The molecule has 148 valence electrons. The summed E-state index contributed by atoms with van der Waals surface area (Å²) in [6, 6.07) is 6.18. The molecule has 3 aromatic rings. The molecule has 0 amide bonds. The minimum absolute atomic E-state index is 0.0495. The van der Waals surface area contributed by atoms with Gasteiger partial charge in [-0.2, -0.15) is 14.4 Å². The summed E-state index contributed by atoms with van der Waals surface area (Å²) in [6.07, 6.45) is 0.538. The molecule has 2 aromatic heterocycles. The lowest BCUT2D eigenvalue weighted by atomic mass is 10.1. The lowest BCUT2D eigenvalue weighted by Gasteiger charge is -2.11. The van der Waals surface area contributed by atoms with Crippen LogP contribution >= 0.6 is 0 Å². The number of aromatic nitrogens is 4. The van der Waals surface area contributed by atoms with Crippen LogP contribution in [0.3, 0.4) is 0 Å². The Labute approximate surface area is 161 Å². The van der Waals surface area contributed by atoms with E-state index in [2.05, 4.69) is 34.1 Å². The average molecular weight is 386 g/mol. The highest BCUT2D eigenvalue weighted by atomic mass is 19.1. The summed E-state index contributed by atoms with van der Waals surface area (Å²) in [4.78, 5) is 12.2. The first-order valence-corrected chi connectivity index (χ1v) is 9.31. The van der Waals surface area contributed by atoms with Crippen LogP contribution in [0.15, 0.2) is 18.2 Å². The van der Waals surface area contributed by atoms with Crippen LogP contribution in [0.5, 0.6) is 11.5 Å². The van der Waals surface area contributed by atoms with Crippen molar-refractivity contribution in [2.75, 3.05) is 19.1 Å². The molecule has 1 aliphatic heterocycles. The zero-order chi connectivity index (χ0) is 19.7. The van der Waals surface area contributed by atoms with Crippen LogP contribution in [0.4, 0.5) is 10.2 Å². The number of nitrogens with two attached hydrogens (primary N) is 1. The van der Waals surface area contributed by atoms with E-state index in [1.54, 1.807) is 0 Å². The van der Waals surface area contributed by atoms with Gasteiger partial charge in [-0.05, 0) is 30.7 Å². The predicted molar refractivity (Wildman–Crippen MR) is 103 cm³/mol. The Kier molecular flexibility index (Phi) is 4.99. The van der Waals surface area contributed by atoms with Crippen molar-refractivity contribution in [2.45, 2.75) is 39.3 Å². The van der Waals surface area contributed by atoms with Crippen molar-refractivity contribution < 1.29 is 13.9 Å². The fourth-order valence-corrected chi connectivity index (χ4v) is 3.27. The number of ether oxygens (including phenoxy) is 2. The Morgan fingerprint density at radius 1 is 1.21 bits per heavy atom. The van der Waals surface area contributed by atoms with Crippen LogP contribution in [0, 0.1) is 6.08 Å². The van der Waals surface area contributed by atoms with Crippen LogP contribution < -0.4 is 20.5 Å². The van der Waals surface area contributed by atoms with E-state index in [1.807, 2.05) is 22.8 Å². The monoisotopic (exact) mass is 386 g/mol. The molecule has 0 fully saturated rings. The molecule has 28 heavy (non-hydrogen) atoms. The third kappa shape index (κ3) is 3.70. The molecule has 1 aromatic carbocycles. The van der Waals surface area contributed by atoms with E-state index in [9.17, 15) is 4.39 Å². The molecule has 0 saturated carbocycles. The summed E-state index contributed by atoms with van der Waals surface area (Å²) in [5.74, 6) is 2.25. The van der Waals surface area contributed by atoms with Gasteiger partial charge in [0, 0.05) is 19.0 Å². The molecule has 3 heterocycles. The number of nitrogens with one attached hydrogen (secondary N) is 1. The summed E-state index contributed by atoms with van der Waals surface area (Å²) in [5, 5.41) is 3.38. The van der Waals surface area contributed by atoms with E-state index in [0.29, 0.717) is 35.9 Å². The third-order valence-electron chi connectivity index (χ3n) is 4.58. The van der Waals surface area contributed by atoms with Gasteiger partial charge < -0.3 is 25.1 Å². The second kappa shape index (κ2) is 7.59. The predicted octanol–water partition coefficient (Wildman–Crippen LogP) is 2.26. The summed E-state index contributed by atoms with van der Waals surface area (Å²) in [5.41, 5.74) is 7.74. The standard InChI is InChI=1S/C19H23FN6O2/c1-11(2)22-6-3-7-26-15(23-16-17(21)24-19(20)25-18(16)26)9-12-4-5-13-14(8-12)28-10-27-13/h4-5,8,11,22H,3,6-7,9-10H2,1-2H3,(H2,21,24,25). The molecule has 4 rings (SSSR count). The summed E-state index contributed by atoms with van der Waals surface area (Å²) in [7, 11) is 0. The summed E-state index contributed by atoms with van der Waals surface area (Å²) in [6.45, 7) is 5.91. The fraction of sp³-hybridized carbons (Fsp3) is 0.421. The molecule has 0 spiro atoms. The van der Waals surface area contributed by atoms with E-state index in [4.69, 9.17) is 15.2 Å². The van der Waals surface area contributed by atoms with Crippen molar-refractivity contribution in [1.82, 2.24) is 24.8 Å². The molecule has 0 radical (unpaired) electrons. The van der Waals surface area contributed by atoms with Gasteiger partial charge in [0.1, 0.15) is 5.82 Å². The minimum atomic E-state index is -0.846. The third-order valence-corrected chi connectivity index (χ3v) is 4.58. The molecule has 0 unspecified atom stereocenters. The normalized spacial score (nSPS) is 13.0. The van der Waals surface area contributed by atoms with Crippen LogP contribution in [-0.4, -0.2) is 38.9 Å². The number of anilines is 1. The van der Waals surface area contributed by atoms with E-state index >= 15 is 0 Å². The molecule has 0 bridgehead atoms. The first-order chi connectivity index (χ1) is 13.5. The Hall–Kier alpha value is -2.94. The maximum absolute atomic E-state index is 13.8. The highest BCUT2D eigenvalue weighted by Gasteiger charge is 2.19. The highest BCUT2D eigenvalue weighted by Crippen LogP contribution is 2.33. The second-order valence-corrected chi connectivity index (χ2v) is 7.06. The SMILES string of the molecule is CC(C)NCCCn1c(Cc2ccc3c(c2)OCO3)nc2c(N)nc(F)nc21. The Balaban J connectivity index is 1.65. The molecular formula is C19H23FN6O2. The van der Waals surface area contributed by atoms with Crippen LogP contribution in [0.1, 0.15) is 31.7 Å². The molecule has 9 heteroatoms. The molecule has 0 atom stereocenters. The molecule has 3 N–H and O–H groups in total. The van der Waals surface area contributed by atoms with Crippen molar-refractivity contribution in [3.8, 4) is 11.5 Å². The number of hydrogen-bond acceptors (Lipinski definition) is 7. The molecule has 0 saturated heterocycles. The van der Waals surface area contributed by atoms with Crippen molar-refractivity contribution in [3.05, 3.63) is 35.7 Å². The number of aryl methyl sites for hydroxylation is 1. The number of benzene rings is 1. The number of nitrogens with zero attached hydrogens (tertiary/aromatic N) is 4. The van der Waals surface area contributed by atoms with E-state index in [-0.39, 0.29) is 12.6 Å². The van der Waals surface area contributed by atoms with E-state index in [0.717, 1.165) is 30.1 Å². The zero-order valence-corrected chi connectivity index (χ0v) is 15.9. The zero-order valence-electron chi connectivity index (χ0n) is 15.9. The van der Waals surface area contributed by atoms with Crippen LogP contribution in [0.2, 0.25) is 0 Å². The second-order valence-electron chi connectivity index (χ2n) is 7.06. The van der Waals surface area contributed by atoms with Crippen LogP contribution in [-0.2, 0) is 13.0 Å². The average Bonchev–Trinajstić information content (AvgIpc) is 3.23. The Morgan fingerprint density at radius 3 is 2.86 bits per heavy atom. The largest absolute Gasteiger partial charge is 0.454 e. The molecular weight excluding hydrogens is 363 g/mol. The maximum Gasteiger partial charge on any atom is 0.312 e. The van der Waals surface area contributed by atoms with Gasteiger partial charge in [0.05, 0.1) is 0 Å². The molecule has 1 aliphatic rings. The lowest BCUT2D eigenvalue weighted by molar-refractivity contribution is 0.174. The van der Waals surface area contributed by atoms with E-state index in [1.165, 1.54) is 0 Å². The van der Waals surface area contributed by atoms with Crippen LogP contribution in [0.25, 0.3) is 11.2 Å². The van der Waals surface area contributed by atoms with Gasteiger partial charge in [0.15, 0.2) is 28.5 Å². The number of halogens is 1. The minimum Gasteiger partial charge on any atom is -0.454 e. The fourth-order valence-electron chi connectivity index (χ4n) is 3.27. The summed E-state index contributed by atoms with van der Waals surface area (Å²) >= 11 is 0. The quantitative estimate of drug-likeness (QED) is 0.474. The first kappa shape index (κ1) is 18.4. The van der Waals surface area contributed by atoms with Gasteiger partial charge >= 0.3 is 6.08 Å². The Morgan fingerprint density at radius 2 is 2.04 bits per heavy atom. The smallest absolute Gasteiger partial charge is 0.312 e. The molecule has 8 nitrogen and oxygen atoms in total. The van der Waals surface area contributed by atoms with Crippen molar-refractivity contribution in [1.29, 1.82) is 0 Å². The number of hydrogen-bond donors (Lipinski definition) is 2. The van der Waals surface area contributed by atoms with Gasteiger partial charge in [-0.25, -0.2) is 4.98 Å². The van der Waals surface area contributed by atoms with Gasteiger partial charge in [0.25, 0.3) is 0 Å². The lowest BCUT2D eigenvalue weighted by Crippen LogP contribution is -2.24. The maximum atomic E-state index is 13.8. The molecule has 0 aliphatic carbocycles. The first-order valence-electron chi connectivity index (χ1n) is 9.31. The van der Waals surface area contributed by atoms with Gasteiger partial charge in [-0.3, -0.25) is 0 Å². The number of fused-ring (bicyclic) bond motifs is 2. The van der Waals surface area contributed by atoms with E-state index < -0.39 is 6.08 Å². The van der Waals surface area contributed by atoms with Gasteiger partial charge in [-0.15, -0.1) is 0 Å². The number of rotatable bonds is 7.